The summed E-state index contributed by atoms with van der Waals surface area (Å²) in [5.74, 6) is -3.06. The number of carbonyl (C=O) groups is 1. The summed E-state index contributed by atoms with van der Waals surface area (Å²) in [6.07, 6.45) is 2.66. The second-order valence-electron chi connectivity index (χ2n) is 4.18. The van der Waals surface area contributed by atoms with E-state index in [4.69, 9.17) is 0 Å². The van der Waals surface area contributed by atoms with Gasteiger partial charge in [-0.3, -0.25) is 4.79 Å². The minimum atomic E-state index is -2.38. The molecule has 3 nitrogen and oxygen atoms in total. The van der Waals surface area contributed by atoms with Gasteiger partial charge in [0, 0.05) is 5.56 Å². The Morgan fingerprint density at radius 3 is 2.35 bits per heavy atom. The number of aliphatic hydroxyl groups is 2. The number of fused-ring (bicyclic) bond motifs is 2. The molecule has 84 valence electrons. The van der Waals surface area contributed by atoms with Crippen molar-refractivity contribution in [2.75, 3.05) is 0 Å². The first kappa shape index (κ1) is 10.2. The van der Waals surface area contributed by atoms with E-state index in [0.29, 0.717) is 11.1 Å². The Balaban J connectivity index is 2.32. The van der Waals surface area contributed by atoms with E-state index in [1.165, 1.54) is 0 Å². The first-order valence-corrected chi connectivity index (χ1v) is 5.29. The third-order valence-corrected chi connectivity index (χ3v) is 2.99. The van der Waals surface area contributed by atoms with Crippen LogP contribution in [0.2, 0.25) is 0 Å². The smallest absolute Gasteiger partial charge is 0.249 e. The minimum Gasteiger partial charge on any atom is -0.356 e. The molecule has 0 heterocycles. The van der Waals surface area contributed by atoms with E-state index in [9.17, 15) is 15.0 Å². The van der Waals surface area contributed by atoms with Crippen LogP contribution < -0.4 is 0 Å². The molecular weight excluding hydrogens is 216 g/mol. The van der Waals surface area contributed by atoms with Gasteiger partial charge in [-0.05, 0) is 34.5 Å². The number of Topliss-reactive ketones (excluding diaryl/α,β-unsaturated/α-hetero) is 1. The highest BCUT2D eigenvalue weighted by molar-refractivity contribution is 6.10. The molecule has 0 saturated heterocycles. The van der Waals surface area contributed by atoms with Crippen molar-refractivity contribution in [3.63, 3.8) is 0 Å². The van der Waals surface area contributed by atoms with Crippen LogP contribution in [0.4, 0.5) is 0 Å². The molecule has 3 heteroatoms. The predicted molar refractivity (Wildman–Crippen MR) is 64.5 cm³/mol. The molecule has 0 aromatic heterocycles. The molecule has 2 aromatic rings. The highest BCUT2D eigenvalue weighted by Gasteiger charge is 2.35. The van der Waals surface area contributed by atoms with Gasteiger partial charge in [0.15, 0.2) is 0 Å². The lowest BCUT2D eigenvalue weighted by Gasteiger charge is -2.21. The van der Waals surface area contributed by atoms with E-state index >= 15 is 0 Å². The molecule has 1 aliphatic carbocycles. The normalized spacial score (nSPS) is 17.2. The summed E-state index contributed by atoms with van der Waals surface area (Å²) in [5, 5.41) is 20.9. The van der Waals surface area contributed by atoms with Crippen LogP contribution in [0, 0.1) is 0 Å². The predicted octanol–water partition coefficient (Wildman–Crippen LogP) is 1.73. The largest absolute Gasteiger partial charge is 0.356 e. The third kappa shape index (κ3) is 1.48. The molecule has 0 unspecified atom stereocenters. The van der Waals surface area contributed by atoms with Crippen LogP contribution in [0.5, 0.6) is 0 Å². The second kappa shape index (κ2) is 3.26. The molecule has 0 spiro atoms. The van der Waals surface area contributed by atoms with E-state index in [2.05, 4.69) is 0 Å². The van der Waals surface area contributed by atoms with E-state index in [1.807, 2.05) is 30.3 Å². The zero-order valence-electron chi connectivity index (χ0n) is 8.92. The van der Waals surface area contributed by atoms with Crippen LogP contribution in [-0.4, -0.2) is 21.8 Å². The van der Waals surface area contributed by atoms with E-state index in [0.717, 1.165) is 16.8 Å². The molecule has 0 bridgehead atoms. The van der Waals surface area contributed by atoms with Crippen molar-refractivity contribution in [1.29, 1.82) is 0 Å². The van der Waals surface area contributed by atoms with Crippen molar-refractivity contribution in [2.24, 2.45) is 0 Å². The number of hydrogen-bond acceptors (Lipinski definition) is 3. The van der Waals surface area contributed by atoms with Gasteiger partial charge in [0.05, 0.1) is 0 Å². The molecule has 0 atom stereocenters. The Labute approximate surface area is 97.6 Å². The number of rotatable bonds is 0. The average molecular weight is 226 g/mol. The molecule has 0 saturated carbocycles. The molecule has 2 N–H and O–H groups in total. The molecule has 17 heavy (non-hydrogen) atoms. The fraction of sp³-hybridized carbons (Fsp3) is 0.0714. The molecule has 3 rings (SSSR count). The lowest BCUT2D eigenvalue weighted by Crippen LogP contribution is -2.38. The summed E-state index contributed by atoms with van der Waals surface area (Å²) in [6, 6.07) is 11.2. The first-order chi connectivity index (χ1) is 8.08. The SMILES string of the molecule is O=C1c2cc3ccccc3cc2C=CC1(O)O. The Morgan fingerprint density at radius 1 is 1.00 bits per heavy atom. The van der Waals surface area contributed by atoms with Crippen LogP contribution in [0.15, 0.2) is 42.5 Å². The first-order valence-electron chi connectivity index (χ1n) is 5.29. The van der Waals surface area contributed by atoms with Crippen LogP contribution in [-0.2, 0) is 0 Å². The van der Waals surface area contributed by atoms with Crippen molar-refractivity contribution in [3.05, 3.63) is 53.6 Å². The number of hydrogen-bond donors (Lipinski definition) is 2. The zero-order chi connectivity index (χ0) is 12.0. The molecule has 0 radical (unpaired) electrons. The van der Waals surface area contributed by atoms with Crippen molar-refractivity contribution in [3.8, 4) is 0 Å². The number of ketones is 1. The van der Waals surface area contributed by atoms with Crippen molar-refractivity contribution < 1.29 is 15.0 Å². The van der Waals surface area contributed by atoms with Gasteiger partial charge in [0.25, 0.3) is 0 Å². The number of benzene rings is 2. The van der Waals surface area contributed by atoms with Crippen LogP contribution in [0.25, 0.3) is 16.8 Å². The van der Waals surface area contributed by atoms with Gasteiger partial charge in [-0.2, -0.15) is 0 Å². The van der Waals surface area contributed by atoms with Gasteiger partial charge in [0.2, 0.25) is 11.6 Å². The Bertz CT molecular complexity index is 654. The molecule has 1 aliphatic rings. The van der Waals surface area contributed by atoms with Crippen molar-refractivity contribution in [2.45, 2.75) is 5.79 Å². The zero-order valence-corrected chi connectivity index (χ0v) is 8.92. The van der Waals surface area contributed by atoms with E-state index in [-0.39, 0.29) is 0 Å². The Morgan fingerprint density at radius 2 is 1.65 bits per heavy atom. The van der Waals surface area contributed by atoms with Crippen LogP contribution in [0.1, 0.15) is 15.9 Å². The van der Waals surface area contributed by atoms with Gasteiger partial charge in [-0.15, -0.1) is 0 Å². The highest BCUT2D eigenvalue weighted by atomic mass is 16.5. The van der Waals surface area contributed by atoms with Gasteiger partial charge in [-0.1, -0.05) is 30.3 Å². The fourth-order valence-corrected chi connectivity index (χ4v) is 2.07. The fourth-order valence-electron chi connectivity index (χ4n) is 2.07. The summed E-state index contributed by atoms with van der Waals surface area (Å²) in [5.41, 5.74) is 1.06. The maximum absolute atomic E-state index is 11.8. The van der Waals surface area contributed by atoms with Crippen LogP contribution >= 0.6 is 0 Å². The molecule has 2 aromatic carbocycles. The summed E-state index contributed by atoms with van der Waals surface area (Å²) in [7, 11) is 0. The molecule has 0 amide bonds. The summed E-state index contributed by atoms with van der Waals surface area (Å²) in [4.78, 5) is 11.8. The summed E-state index contributed by atoms with van der Waals surface area (Å²) < 4.78 is 0. The van der Waals surface area contributed by atoms with E-state index < -0.39 is 11.6 Å². The lowest BCUT2D eigenvalue weighted by atomic mass is 9.90. The van der Waals surface area contributed by atoms with Crippen LogP contribution in [0.3, 0.4) is 0 Å². The lowest BCUT2D eigenvalue weighted by molar-refractivity contribution is -0.0825. The maximum atomic E-state index is 11.8. The van der Waals surface area contributed by atoms with E-state index in [1.54, 1.807) is 12.1 Å². The van der Waals surface area contributed by atoms with Crippen molar-refractivity contribution >= 4 is 22.6 Å². The maximum Gasteiger partial charge on any atom is 0.249 e. The monoisotopic (exact) mass is 226 g/mol. The second-order valence-corrected chi connectivity index (χ2v) is 4.18. The minimum absolute atomic E-state index is 0.344. The summed E-state index contributed by atoms with van der Waals surface area (Å²) in [6.45, 7) is 0. The van der Waals surface area contributed by atoms with Gasteiger partial charge < -0.3 is 10.2 Å². The number of carbonyl (C=O) groups excluding carboxylic acids is 1. The molecule has 0 fully saturated rings. The highest BCUT2D eigenvalue weighted by Crippen LogP contribution is 2.28. The summed E-state index contributed by atoms with van der Waals surface area (Å²) >= 11 is 0. The Kier molecular flexibility index (Phi) is 1.96. The molecular formula is C14H10O3. The average Bonchev–Trinajstić information content (AvgIpc) is 2.33. The van der Waals surface area contributed by atoms with Gasteiger partial charge in [-0.25, -0.2) is 0 Å². The quantitative estimate of drug-likeness (QED) is 0.672. The van der Waals surface area contributed by atoms with Gasteiger partial charge in [0.1, 0.15) is 0 Å². The Hall–Kier alpha value is -1.97. The topological polar surface area (TPSA) is 57.5 Å². The standard InChI is InChI=1S/C14H10O3/c15-13-12-8-10-4-2-1-3-9(10)7-11(12)5-6-14(13,16)17/h1-8,16-17H. The third-order valence-electron chi connectivity index (χ3n) is 2.99. The molecule has 0 aliphatic heterocycles. The van der Waals surface area contributed by atoms with Gasteiger partial charge >= 0.3 is 0 Å². The van der Waals surface area contributed by atoms with Crippen molar-refractivity contribution in [1.82, 2.24) is 0 Å².